The summed E-state index contributed by atoms with van der Waals surface area (Å²) in [6, 6.07) is 0.586. The molecular weight excluding hydrogens is 214 g/mol. The monoisotopic (exact) mass is 233 g/mol. The molecule has 0 aromatic carbocycles. The minimum atomic E-state index is -3.02. The molecule has 1 saturated carbocycles. The molecular formula is C9H19N3O2S. The van der Waals surface area contributed by atoms with Crippen molar-refractivity contribution in [3.8, 4) is 0 Å². The molecule has 0 unspecified atom stereocenters. The van der Waals surface area contributed by atoms with E-state index in [9.17, 15) is 8.42 Å². The van der Waals surface area contributed by atoms with Crippen molar-refractivity contribution in [1.82, 2.24) is 14.9 Å². The first kappa shape index (κ1) is 11.3. The number of sulfonamides is 1. The van der Waals surface area contributed by atoms with Crippen LogP contribution < -0.4 is 10.6 Å². The summed E-state index contributed by atoms with van der Waals surface area (Å²) in [7, 11) is -3.02. The second-order valence-corrected chi connectivity index (χ2v) is 6.28. The third-order valence-corrected chi connectivity index (χ3v) is 4.71. The van der Waals surface area contributed by atoms with Crippen LogP contribution in [0.1, 0.15) is 12.8 Å². The van der Waals surface area contributed by atoms with Gasteiger partial charge in [-0.3, -0.25) is 0 Å². The Hall–Kier alpha value is -0.170. The molecule has 6 heteroatoms. The fourth-order valence-electron chi connectivity index (χ4n) is 1.73. The predicted octanol–water partition coefficient (Wildman–Crippen LogP) is -1.03. The number of hydrogen-bond donors (Lipinski definition) is 2. The van der Waals surface area contributed by atoms with E-state index in [-0.39, 0.29) is 5.75 Å². The molecule has 0 aromatic heterocycles. The molecule has 1 saturated heterocycles. The zero-order chi connectivity index (χ0) is 10.7. The summed E-state index contributed by atoms with van der Waals surface area (Å²) in [6.07, 6.45) is 2.40. The SMILES string of the molecule is O=S(=O)(CCNC1CC1)N1CCNCC1. The number of piperazine rings is 1. The van der Waals surface area contributed by atoms with Gasteiger partial charge in [0.05, 0.1) is 5.75 Å². The molecule has 0 amide bonds. The summed E-state index contributed by atoms with van der Waals surface area (Å²) in [4.78, 5) is 0. The molecule has 0 atom stereocenters. The third-order valence-electron chi connectivity index (χ3n) is 2.84. The van der Waals surface area contributed by atoms with Gasteiger partial charge in [0, 0.05) is 38.8 Å². The van der Waals surface area contributed by atoms with E-state index in [2.05, 4.69) is 10.6 Å². The largest absolute Gasteiger partial charge is 0.314 e. The summed E-state index contributed by atoms with van der Waals surface area (Å²) in [5.74, 6) is 0.240. The molecule has 0 aromatic rings. The van der Waals surface area contributed by atoms with Crippen LogP contribution in [-0.2, 0) is 10.0 Å². The van der Waals surface area contributed by atoms with E-state index in [0.29, 0.717) is 25.7 Å². The van der Waals surface area contributed by atoms with Crippen LogP contribution in [0.4, 0.5) is 0 Å². The summed E-state index contributed by atoms with van der Waals surface area (Å²) in [5.41, 5.74) is 0. The van der Waals surface area contributed by atoms with Crippen LogP contribution in [0.3, 0.4) is 0 Å². The summed E-state index contributed by atoms with van der Waals surface area (Å²) < 4.78 is 25.3. The van der Waals surface area contributed by atoms with Gasteiger partial charge in [-0.15, -0.1) is 0 Å². The molecule has 0 bridgehead atoms. The van der Waals surface area contributed by atoms with Crippen LogP contribution in [0.5, 0.6) is 0 Å². The van der Waals surface area contributed by atoms with E-state index in [0.717, 1.165) is 13.1 Å². The number of nitrogens with one attached hydrogen (secondary N) is 2. The Kier molecular flexibility index (Phi) is 3.60. The molecule has 5 nitrogen and oxygen atoms in total. The van der Waals surface area contributed by atoms with Crippen molar-refractivity contribution in [1.29, 1.82) is 0 Å². The maximum absolute atomic E-state index is 11.8. The second-order valence-electron chi connectivity index (χ2n) is 4.19. The van der Waals surface area contributed by atoms with Crippen LogP contribution in [-0.4, -0.2) is 57.2 Å². The smallest absolute Gasteiger partial charge is 0.215 e. The highest BCUT2D eigenvalue weighted by Gasteiger charge is 2.25. The lowest BCUT2D eigenvalue weighted by Crippen LogP contribution is -2.48. The van der Waals surface area contributed by atoms with Crippen molar-refractivity contribution in [2.45, 2.75) is 18.9 Å². The molecule has 1 aliphatic heterocycles. The van der Waals surface area contributed by atoms with Crippen LogP contribution in [0.2, 0.25) is 0 Å². The lowest BCUT2D eigenvalue weighted by atomic mass is 10.4. The lowest BCUT2D eigenvalue weighted by Gasteiger charge is -2.26. The van der Waals surface area contributed by atoms with E-state index in [1.165, 1.54) is 12.8 Å². The van der Waals surface area contributed by atoms with Crippen LogP contribution in [0.25, 0.3) is 0 Å². The maximum atomic E-state index is 11.8. The normalized spacial score (nSPS) is 24.3. The van der Waals surface area contributed by atoms with Gasteiger partial charge in [0.15, 0.2) is 0 Å². The van der Waals surface area contributed by atoms with Crippen LogP contribution in [0, 0.1) is 0 Å². The Bertz CT molecular complexity index is 294. The van der Waals surface area contributed by atoms with Gasteiger partial charge < -0.3 is 10.6 Å². The van der Waals surface area contributed by atoms with E-state index in [1.54, 1.807) is 4.31 Å². The number of nitrogens with zero attached hydrogens (tertiary/aromatic N) is 1. The Balaban J connectivity index is 1.76. The predicted molar refractivity (Wildman–Crippen MR) is 59.3 cm³/mol. The van der Waals surface area contributed by atoms with Gasteiger partial charge in [0.25, 0.3) is 0 Å². The molecule has 0 radical (unpaired) electrons. The van der Waals surface area contributed by atoms with Crippen molar-refractivity contribution < 1.29 is 8.42 Å². The summed E-state index contributed by atoms with van der Waals surface area (Å²) >= 11 is 0. The van der Waals surface area contributed by atoms with Gasteiger partial charge in [0.2, 0.25) is 10.0 Å². The van der Waals surface area contributed by atoms with Crippen molar-refractivity contribution in [2.75, 3.05) is 38.5 Å². The van der Waals surface area contributed by atoms with Crippen molar-refractivity contribution in [3.63, 3.8) is 0 Å². The molecule has 1 aliphatic carbocycles. The Morgan fingerprint density at radius 2 is 1.93 bits per heavy atom. The van der Waals surface area contributed by atoms with Crippen molar-refractivity contribution in [3.05, 3.63) is 0 Å². The molecule has 2 rings (SSSR count). The minimum Gasteiger partial charge on any atom is -0.314 e. The van der Waals surface area contributed by atoms with Crippen LogP contribution in [0.15, 0.2) is 0 Å². The lowest BCUT2D eigenvalue weighted by molar-refractivity contribution is 0.360. The number of rotatable bonds is 5. The van der Waals surface area contributed by atoms with Crippen molar-refractivity contribution in [2.24, 2.45) is 0 Å². The maximum Gasteiger partial charge on any atom is 0.215 e. The first-order chi connectivity index (χ1) is 7.18. The number of hydrogen-bond acceptors (Lipinski definition) is 4. The zero-order valence-electron chi connectivity index (χ0n) is 8.91. The summed E-state index contributed by atoms with van der Waals surface area (Å²) in [5, 5.41) is 6.38. The second kappa shape index (κ2) is 4.78. The summed E-state index contributed by atoms with van der Waals surface area (Å²) in [6.45, 7) is 3.37. The van der Waals surface area contributed by atoms with Gasteiger partial charge in [0.1, 0.15) is 0 Å². The highest BCUT2D eigenvalue weighted by molar-refractivity contribution is 7.89. The Morgan fingerprint density at radius 3 is 2.53 bits per heavy atom. The minimum absolute atomic E-state index is 0.240. The highest BCUT2D eigenvalue weighted by Crippen LogP contribution is 2.18. The van der Waals surface area contributed by atoms with E-state index >= 15 is 0 Å². The molecule has 15 heavy (non-hydrogen) atoms. The molecule has 88 valence electrons. The quantitative estimate of drug-likeness (QED) is 0.638. The average molecular weight is 233 g/mol. The molecule has 2 aliphatic rings. The Morgan fingerprint density at radius 1 is 1.27 bits per heavy atom. The first-order valence-electron chi connectivity index (χ1n) is 5.60. The van der Waals surface area contributed by atoms with E-state index in [4.69, 9.17) is 0 Å². The fourth-order valence-corrected chi connectivity index (χ4v) is 3.10. The molecule has 0 spiro atoms. The van der Waals surface area contributed by atoms with E-state index < -0.39 is 10.0 Å². The first-order valence-corrected chi connectivity index (χ1v) is 7.21. The third kappa shape index (κ3) is 3.41. The topological polar surface area (TPSA) is 61.4 Å². The standard InChI is InChI=1S/C9H19N3O2S/c13-15(14,8-5-11-9-1-2-9)12-6-3-10-4-7-12/h9-11H,1-8H2. The average Bonchev–Trinajstić information content (AvgIpc) is 3.03. The van der Waals surface area contributed by atoms with Gasteiger partial charge >= 0.3 is 0 Å². The fraction of sp³-hybridized carbons (Fsp3) is 1.00. The van der Waals surface area contributed by atoms with Gasteiger partial charge in [-0.05, 0) is 12.8 Å². The molecule has 1 heterocycles. The zero-order valence-corrected chi connectivity index (χ0v) is 9.72. The van der Waals surface area contributed by atoms with Gasteiger partial charge in [-0.1, -0.05) is 0 Å². The molecule has 2 fully saturated rings. The molecule has 2 N–H and O–H groups in total. The van der Waals surface area contributed by atoms with Crippen molar-refractivity contribution >= 4 is 10.0 Å². The highest BCUT2D eigenvalue weighted by atomic mass is 32.2. The van der Waals surface area contributed by atoms with E-state index in [1.807, 2.05) is 0 Å². The Labute approximate surface area is 91.3 Å². The van der Waals surface area contributed by atoms with Gasteiger partial charge in [-0.2, -0.15) is 4.31 Å². The van der Waals surface area contributed by atoms with Gasteiger partial charge in [-0.25, -0.2) is 8.42 Å². The van der Waals surface area contributed by atoms with Crippen LogP contribution >= 0.6 is 0 Å².